The monoisotopic (exact) mass is 1040 g/mol. The van der Waals surface area contributed by atoms with Gasteiger partial charge in [0.15, 0.2) is 31.2 Å². The molecule has 0 N–H and O–H groups in total. The standard InChI is InChI=1S/C15H15NO3S.C8H9NO.C7H7BrO2S.I2.HI/c1-11-3-6-13(10-16-11)15(17)9-12-4-7-14(8-5-12)20(2,18)19;1-6-3-4-8(5-9-6)7(2)10;1-11(9,10)7-4-2-6(8)3-5-7;1-2;/h3-8,10H,9H2,1-2H3;3-5H,1-2H3;2-5H,1H3;;1H. The summed E-state index contributed by atoms with van der Waals surface area (Å²) in [5.41, 5.74) is 3.81. The quantitative estimate of drug-likeness (QED) is 0.140. The molecular weight excluding hydrogens is 1010 g/mol. The van der Waals surface area contributed by atoms with Gasteiger partial charge in [-0.1, -0.05) is 28.1 Å². The van der Waals surface area contributed by atoms with Crippen molar-refractivity contribution in [2.45, 2.75) is 37.0 Å². The van der Waals surface area contributed by atoms with Crippen LogP contribution in [0.1, 0.15) is 44.6 Å². The summed E-state index contributed by atoms with van der Waals surface area (Å²) in [6, 6.07) is 20.1. The molecule has 44 heavy (non-hydrogen) atoms. The lowest BCUT2D eigenvalue weighted by atomic mass is 10.0. The van der Waals surface area contributed by atoms with Gasteiger partial charge in [-0.3, -0.25) is 19.6 Å². The maximum Gasteiger partial charge on any atom is 0.175 e. The molecule has 0 atom stereocenters. The highest BCUT2D eigenvalue weighted by atomic mass is 128. The fourth-order valence-corrected chi connectivity index (χ4v) is 4.66. The smallest absolute Gasteiger partial charge is 0.175 e. The predicted octanol–water partition coefficient (Wildman–Crippen LogP) is 8.05. The molecular formula is C30H32BrI3N2O6S2. The van der Waals surface area contributed by atoms with Crippen molar-refractivity contribution in [3.05, 3.63) is 118 Å². The molecule has 0 saturated carbocycles. The zero-order chi connectivity index (χ0) is 32.8. The van der Waals surface area contributed by atoms with Crippen molar-refractivity contribution in [2.75, 3.05) is 12.5 Å². The number of sulfone groups is 2. The molecule has 0 aliphatic rings. The molecule has 2 aromatic heterocycles. The summed E-state index contributed by atoms with van der Waals surface area (Å²) in [6.07, 6.45) is 5.73. The van der Waals surface area contributed by atoms with Crippen molar-refractivity contribution >= 4 is 108 Å². The van der Waals surface area contributed by atoms with E-state index in [1.807, 2.05) is 19.9 Å². The van der Waals surface area contributed by atoms with Gasteiger partial charge in [0, 0.05) is 95.5 Å². The van der Waals surface area contributed by atoms with Gasteiger partial charge in [-0.2, -0.15) is 0 Å². The first-order chi connectivity index (χ1) is 20.1. The molecule has 0 amide bonds. The normalized spacial score (nSPS) is 10.3. The summed E-state index contributed by atoms with van der Waals surface area (Å²) in [6.45, 7) is 5.29. The van der Waals surface area contributed by atoms with Crippen molar-refractivity contribution in [3.8, 4) is 0 Å². The highest BCUT2D eigenvalue weighted by Gasteiger charge is 2.10. The van der Waals surface area contributed by atoms with Crippen LogP contribution in [0.25, 0.3) is 0 Å². The van der Waals surface area contributed by atoms with Crippen LogP contribution in [0.15, 0.2) is 99.5 Å². The lowest BCUT2D eigenvalue weighted by Gasteiger charge is -2.03. The lowest BCUT2D eigenvalue weighted by Crippen LogP contribution is -2.05. The predicted molar refractivity (Wildman–Crippen MR) is 206 cm³/mol. The largest absolute Gasteiger partial charge is 0.294 e. The number of halogens is 4. The summed E-state index contributed by atoms with van der Waals surface area (Å²) in [5, 5.41) is 0. The number of carbonyl (C=O) groups excluding carboxylic acids is 2. The summed E-state index contributed by atoms with van der Waals surface area (Å²) in [7, 11) is -6.24. The Hall–Kier alpha value is -1.35. The average molecular weight is 1040 g/mol. The van der Waals surface area contributed by atoms with E-state index in [2.05, 4.69) is 63.1 Å². The number of Topliss-reactive ketones (excluding diaryl/α,β-unsaturated/α-hetero) is 2. The second-order valence-electron chi connectivity index (χ2n) is 9.17. The van der Waals surface area contributed by atoms with Gasteiger partial charge in [0.05, 0.1) is 9.79 Å². The molecule has 0 aliphatic heterocycles. The summed E-state index contributed by atoms with van der Waals surface area (Å²) >= 11 is 7.46. The second kappa shape index (κ2) is 20.7. The molecule has 4 rings (SSSR count). The van der Waals surface area contributed by atoms with E-state index >= 15 is 0 Å². The molecule has 2 heterocycles. The maximum absolute atomic E-state index is 12.0. The van der Waals surface area contributed by atoms with E-state index in [4.69, 9.17) is 0 Å². The minimum atomic E-state index is -3.20. The van der Waals surface area contributed by atoms with Crippen molar-refractivity contribution in [3.63, 3.8) is 0 Å². The number of hydrogen-bond donors (Lipinski definition) is 0. The Balaban J connectivity index is 0.000000656. The third kappa shape index (κ3) is 16.3. The van der Waals surface area contributed by atoms with E-state index in [1.165, 1.54) is 25.3 Å². The van der Waals surface area contributed by atoms with Crippen LogP contribution < -0.4 is 0 Å². The van der Waals surface area contributed by atoms with Crippen molar-refractivity contribution in [1.82, 2.24) is 9.97 Å². The van der Waals surface area contributed by atoms with Crippen LogP contribution in [0.4, 0.5) is 0 Å². The topological polar surface area (TPSA) is 128 Å². The zero-order valence-electron chi connectivity index (χ0n) is 24.5. The molecule has 0 bridgehead atoms. The van der Waals surface area contributed by atoms with E-state index in [9.17, 15) is 26.4 Å². The van der Waals surface area contributed by atoms with Crippen LogP contribution >= 0.6 is 77.1 Å². The van der Waals surface area contributed by atoms with Crippen LogP contribution in [-0.4, -0.2) is 50.9 Å². The molecule has 0 saturated heterocycles. The number of benzene rings is 2. The van der Waals surface area contributed by atoms with Crippen LogP contribution in [0.2, 0.25) is 0 Å². The van der Waals surface area contributed by atoms with E-state index in [1.54, 1.807) is 67.0 Å². The van der Waals surface area contributed by atoms with Gasteiger partial charge in [-0.15, -0.1) is 24.0 Å². The number of nitrogens with zero attached hydrogens (tertiary/aromatic N) is 2. The first-order valence-corrected chi connectivity index (χ1v) is 23.2. The molecule has 0 unspecified atom stereocenters. The minimum Gasteiger partial charge on any atom is -0.294 e. The number of aromatic nitrogens is 2. The van der Waals surface area contributed by atoms with Crippen LogP contribution in [0.3, 0.4) is 0 Å². The number of hydrogen-bond acceptors (Lipinski definition) is 8. The number of aryl methyl sites for hydroxylation is 2. The van der Waals surface area contributed by atoms with E-state index in [0.717, 1.165) is 27.7 Å². The highest BCUT2D eigenvalue weighted by Crippen LogP contribution is 2.14. The third-order valence-electron chi connectivity index (χ3n) is 5.51. The number of carbonyl (C=O) groups is 2. The Morgan fingerprint density at radius 2 is 1.07 bits per heavy atom. The summed E-state index contributed by atoms with van der Waals surface area (Å²) < 4.78 is 45.4. The summed E-state index contributed by atoms with van der Waals surface area (Å²) in [5.74, 6) is 0.0251. The number of rotatable bonds is 6. The van der Waals surface area contributed by atoms with Gasteiger partial charge in [0.25, 0.3) is 0 Å². The molecule has 4 aromatic rings. The molecule has 8 nitrogen and oxygen atoms in total. The van der Waals surface area contributed by atoms with Crippen molar-refractivity contribution < 1.29 is 26.4 Å². The van der Waals surface area contributed by atoms with E-state index < -0.39 is 19.7 Å². The van der Waals surface area contributed by atoms with Crippen molar-refractivity contribution in [2.24, 2.45) is 0 Å². The Bertz CT molecular complexity index is 1700. The number of ketones is 2. The third-order valence-corrected chi connectivity index (χ3v) is 8.29. The Kier molecular flexibility index (Phi) is 20.1. The fraction of sp³-hybridized carbons (Fsp3) is 0.200. The maximum atomic E-state index is 12.0. The Labute approximate surface area is 308 Å². The molecule has 0 aliphatic carbocycles. The molecule has 0 fully saturated rings. The second-order valence-corrected chi connectivity index (χ2v) is 14.1. The van der Waals surface area contributed by atoms with Gasteiger partial charge < -0.3 is 0 Å². The zero-order valence-corrected chi connectivity index (χ0v) is 34.4. The lowest BCUT2D eigenvalue weighted by molar-refractivity contribution is 0.0989. The number of pyridine rings is 2. The van der Waals surface area contributed by atoms with Crippen LogP contribution in [0.5, 0.6) is 0 Å². The van der Waals surface area contributed by atoms with Gasteiger partial charge in [0.2, 0.25) is 0 Å². The Morgan fingerprint density at radius 3 is 1.41 bits per heavy atom. The molecule has 2 aromatic carbocycles. The SMILES string of the molecule is CC(=O)c1ccc(C)nc1.CS(=O)(=O)c1ccc(Br)cc1.Cc1ccc(C(=O)Cc2ccc(S(C)(=O)=O)cc2)cn1.I.II. The van der Waals surface area contributed by atoms with Gasteiger partial charge in [-0.25, -0.2) is 16.8 Å². The van der Waals surface area contributed by atoms with Gasteiger partial charge in [0.1, 0.15) is 0 Å². The molecule has 0 spiro atoms. The Morgan fingerprint density at radius 1 is 0.682 bits per heavy atom. The first-order valence-electron chi connectivity index (χ1n) is 12.3. The molecule has 238 valence electrons. The van der Waals surface area contributed by atoms with Crippen molar-refractivity contribution in [1.29, 1.82) is 0 Å². The van der Waals surface area contributed by atoms with Crippen LogP contribution in [0, 0.1) is 13.8 Å². The summed E-state index contributed by atoms with van der Waals surface area (Å²) in [4.78, 5) is 31.4. The van der Waals surface area contributed by atoms with E-state index in [0.29, 0.717) is 16.0 Å². The van der Waals surface area contributed by atoms with Crippen LogP contribution in [-0.2, 0) is 26.1 Å². The first kappa shape index (κ1) is 42.6. The minimum absolute atomic E-state index is 0. The average Bonchev–Trinajstić information content (AvgIpc) is 2.95. The highest BCUT2D eigenvalue weighted by molar-refractivity contribution is 15.0. The van der Waals surface area contributed by atoms with E-state index in [-0.39, 0.29) is 46.9 Å². The molecule has 14 heteroatoms. The fourth-order valence-electron chi connectivity index (χ4n) is 3.13. The van der Waals surface area contributed by atoms with Gasteiger partial charge in [-0.05, 0) is 87.0 Å². The van der Waals surface area contributed by atoms with Gasteiger partial charge >= 0.3 is 0 Å². The molecule has 0 radical (unpaired) electrons.